The third-order valence-electron chi connectivity index (χ3n) is 2.37. The molecule has 0 amide bonds. The van der Waals surface area contributed by atoms with Crippen molar-refractivity contribution < 1.29 is 18.3 Å². The van der Waals surface area contributed by atoms with Crippen LogP contribution in [0.2, 0.25) is 5.02 Å². The van der Waals surface area contributed by atoms with Crippen LogP contribution in [0.25, 0.3) is 0 Å². The van der Waals surface area contributed by atoms with E-state index >= 15 is 0 Å². The summed E-state index contributed by atoms with van der Waals surface area (Å²) in [4.78, 5) is 14.7. The van der Waals surface area contributed by atoms with E-state index in [0.29, 0.717) is 0 Å². The number of sulfonamides is 1. The maximum absolute atomic E-state index is 12.2. The number of carboxylic acids is 1. The van der Waals surface area contributed by atoms with Gasteiger partial charge in [0.15, 0.2) is 10.8 Å². The van der Waals surface area contributed by atoms with E-state index in [9.17, 15) is 13.2 Å². The van der Waals surface area contributed by atoms with Crippen LogP contribution in [0, 0.1) is 0 Å². The van der Waals surface area contributed by atoms with Crippen molar-refractivity contribution in [2.75, 3.05) is 4.72 Å². The van der Waals surface area contributed by atoms with Gasteiger partial charge in [0.2, 0.25) is 0 Å². The molecule has 0 aromatic carbocycles. The molecule has 0 bridgehead atoms. The lowest BCUT2D eigenvalue weighted by Crippen LogP contribution is -2.19. The molecule has 0 unspecified atom stereocenters. The van der Waals surface area contributed by atoms with E-state index in [0.717, 1.165) is 4.68 Å². The molecule has 0 aliphatic heterocycles. The predicted octanol–water partition coefficient (Wildman–Crippen LogP) is 0.967. The van der Waals surface area contributed by atoms with Crippen molar-refractivity contribution in [3.8, 4) is 0 Å². The van der Waals surface area contributed by atoms with Crippen molar-refractivity contribution in [3.05, 3.63) is 35.1 Å². The van der Waals surface area contributed by atoms with Gasteiger partial charge in [0.25, 0.3) is 10.0 Å². The van der Waals surface area contributed by atoms with Gasteiger partial charge < -0.3 is 5.11 Å². The number of nitrogens with one attached hydrogen (secondary N) is 1. The van der Waals surface area contributed by atoms with Crippen molar-refractivity contribution in [2.24, 2.45) is 7.05 Å². The summed E-state index contributed by atoms with van der Waals surface area (Å²) in [5.41, 5.74) is -0.269. The number of halogens is 1. The Bertz CT molecular complexity index is 752. The smallest absolute Gasteiger partial charge is 0.339 e. The Morgan fingerprint density at radius 2 is 2.20 bits per heavy atom. The average Bonchev–Trinajstić information content (AvgIpc) is 2.69. The Morgan fingerprint density at radius 1 is 1.50 bits per heavy atom. The Balaban J connectivity index is 2.47. The average molecular weight is 317 g/mol. The molecule has 106 valence electrons. The standard InChI is InChI=1S/C10H9ClN4O4S/c1-15-9(7(11)5-13-15)20(18,19)14-8-6(10(16)17)3-2-4-12-8/h2-5H,1H3,(H,12,14)(H,16,17). The SMILES string of the molecule is Cn1ncc(Cl)c1S(=O)(=O)Nc1ncccc1C(=O)O. The molecule has 0 saturated heterocycles. The number of hydrogen-bond donors (Lipinski definition) is 2. The van der Waals surface area contributed by atoms with Crippen LogP contribution in [0.3, 0.4) is 0 Å². The van der Waals surface area contributed by atoms with Crippen LogP contribution in [0.5, 0.6) is 0 Å². The molecular formula is C10H9ClN4O4S. The van der Waals surface area contributed by atoms with Gasteiger partial charge in [-0.05, 0) is 12.1 Å². The molecule has 8 nitrogen and oxygen atoms in total. The highest BCUT2D eigenvalue weighted by molar-refractivity contribution is 7.92. The normalized spacial score (nSPS) is 11.3. The highest BCUT2D eigenvalue weighted by Gasteiger charge is 2.25. The van der Waals surface area contributed by atoms with Crippen LogP contribution in [-0.4, -0.2) is 34.3 Å². The highest BCUT2D eigenvalue weighted by atomic mass is 35.5. The van der Waals surface area contributed by atoms with E-state index < -0.39 is 16.0 Å². The molecule has 2 heterocycles. The molecule has 2 aromatic heterocycles. The van der Waals surface area contributed by atoms with E-state index in [2.05, 4.69) is 14.8 Å². The molecule has 2 N–H and O–H groups in total. The first kappa shape index (κ1) is 14.3. The minimum Gasteiger partial charge on any atom is -0.478 e. The number of anilines is 1. The Morgan fingerprint density at radius 3 is 2.75 bits per heavy atom. The fourth-order valence-corrected chi connectivity index (χ4v) is 3.23. The third kappa shape index (κ3) is 2.58. The predicted molar refractivity (Wildman–Crippen MR) is 70.2 cm³/mol. The Labute approximate surface area is 119 Å². The highest BCUT2D eigenvalue weighted by Crippen LogP contribution is 2.23. The second-order valence-electron chi connectivity index (χ2n) is 3.73. The summed E-state index contributed by atoms with van der Waals surface area (Å²) in [5, 5.41) is 12.3. The summed E-state index contributed by atoms with van der Waals surface area (Å²) >= 11 is 5.76. The molecule has 0 aliphatic rings. The molecule has 20 heavy (non-hydrogen) atoms. The van der Waals surface area contributed by atoms with Crippen molar-refractivity contribution in [1.82, 2.24) is 14.8 Å². The first-order chi connectivity index (χ1) is 9.33. The second-order valence-corrected chi connectivity index (χ2v) is 5.74. The number of pyridine rings is 1. The van der Waals surface area contributed by atoms with Crippen molar-refractivity contribution in [1.29, 1.82) is 0 Å². The minimum atomic E-state index is -4.09. The van der Waals surface area contributed by atoms with Crippen LogP contribution >= 0.6 is 11.6 Å². The van der Waals surface area contributed by atoms with E-state index in [1.165, 1.54) is 31.6 Å². The monoisotopic (exact) mass is 316 g/mol. The lowest BCUT2D eigenvalue weighted by molar-refractivity contribution is 0.0697. The number of aryl methyl sites for hydroxylation is 1. The quantitative estimate of drug-likeness (QED) is 0.868. The summed E-state index contributed by atoms with van der Waals surface area (Å²) in [6.45, 7) is 0. The zero-order valence-corrected chi connectivity index (χ0v) is 11.7. The number of carbonyl (C=O) groups is 1. The van der Waals surface area contributed by atoms with Gasteiger partial charge >= 0.3 is 5.97 Å². The van der Waals surface area contributed by atoms with E-state index in [1.54, 1.807) is 0 Å². The Kier molecular flexibility index (Phi) is 3.64. The summed E-state index contributed by atoms with van der Waals surface area (Å²) in [6, 6.07) is 2.62. The molecule has 0 aliphatic carbocycles. The maximum atomic E-state index is 12.2. The molecular weight excluding hydrogens is 308 g/mol. The lowest BCUT2D eigenvalue weighted by Gasteiger charge is -2.09. The van der Waals surface area contributed by atoms with Crippen molar-refractivity contribution in [2.45, 2.75) is 5.03 Å². The number of rotatable bonds is 4. The summed E-state index contributed by atoms with van der Waals surface area (Å²) in [7, 11) is -2.69. The van der Waals surface area contributed by atoms with Gasteiger partial charge in [-0.3, -0.25) is 9.40 Å². The van der Waals surface area contributed by atoms with Gasteiger partial charge in [-0.25, -0.2) is 9.78 Å². The zero-order chi connectivity index (χ0) is 14.9. The summed E-state index contributed by atoms with van der Waals surface area (Å²) in [6.07, 6.45) is 2.45. The first-order valence-electron chi connectivity index (χ1n) is 5.21. The van der Waals surface area contributed by atoms with Gasteiger partial charge in [0.05, 0.1) is 11.2 Å². The van der Waals surface area contributed by atoms with E-state index in [4.69, 9.17) is 16.7 Å². The van der Waals surface area contributed by atoms with Crippen LogP contribution in [0.1, 0.15) is 10.4 Å². The lowest BCUT2D eigenvalue weighted by atomic mass is 10.3. The minimum absolute atomic E-state index is 0.0761. The largest absolute Gasteiger partial charge is 0.478 e. The third-order valence-corrected chi connectivity index (χ3v) is 4.21. The zero-order valence-electron chi connectivity index (χ0n) is 10.1. The molecule has 0 saturated carbocycles. The molecule has 0 atom stereocenters. The fraction of sp³-hybridized carbons (Fsp3) is 0.100. The van der Waals surface area contributed by atoms with Crippen molar-refractivity contribution in [3.63, 3.8) is 0 Å². The van der Waals surface area contributed by atoms with Gasteiger partial charge in [0, 0.05) is 13.2 Å². The molecule has 0 spiro atoms. The number of nitrogens with zero attached hydrogens (tertiary/aromatic N) is 3. The second kappa shape index (κ2) is 5.10. The van der Waals surface area contributed by atoms with Crippen LogP contribution in [0.15, 0.2) is 29.6 Å². The topological polar surface area (TPSA) is 114 Å². The van der Waals surface area contributed by atoms with Crippen LogP contribution in [-0.2, 0) is 17.1 Å². The maximum Gasteiger partial charge on any atom is 0.339 e. The fourth-order valence-electron chi connectivity index (χ4n) is 1.54. The molecule has 0 fully saturated rings. The number of hydrogen-bond acceptors (Lipinski definition) is 5. The van der Waals surface area contributed by atoms with E-state index in [1.807, 2.05) is 0 Å². The Hall–Kier alpha value is -2.13. The first-order valence-corrected chi connectivity index (χ1v) is 7.07. The molecule has 0 radical (unpaired) electrons. The molecule has 2 aromatic rings. The van der Waals surface area contributed by atoms with Gasteiger partial charge in [-0.1, -0.05) is 11.6 Å². The number of carboxylic acid groups (broad SMARTS) is 1. The van der Waals surface area contributed by atoms with Gasteiger partial charge in [-0.2, -0.15) is 13.5 Å². The number of aromatic nitrogens is 3. The van der Waals surface area contributed by atoms with Crippen LogP contribution < -0.4 is 4.72 Å². The van der Waals surface area contributed by atoms with Gasteiger partial charge in [0.1, 0.15) is 5.56 Å². The molecule has 10 heteroatoms. The van der Waals surface area contributed by atoms with E-state index in [-0.39, 0.29) is 21.4 Å². The number of aromatic carboxylic acids is 1. The van der Waals surface area contributed by atoms with Crippen LogP contribution in [0.4, 0.5) is 5.82 Å². The summed E-state index contributed by atoms with van der Waals surface area (Å²) < 4.78 is 27.5. The van der Waals surface area contributed by atoms with Gasteiger partial charge in [-0.15, -0.1) is 0 Å². The summed E-state index contributed by atoms with van der Waals surface area (Å²) in [5.74, 6) is -1.59. The molecule has 2 rings (SSSR count). The van der Waals surface area contributed by atoms with Crippen molar-refractivity contribution >= 4 is 33.4 Å².